The van der Waals surface area contributed by atoms with Gasteiger partial charge in [0.2, 0.25) is 0 Å². The Bertz CT molecular complexity index is 305. The van der Waals surface area contributed by atoms with Crippen LogP contribution in [0.5, 0.6) is 0 Å². The molecule has 0 aromatic carbocycles. The van der Waals surface area contributed by atoms with Gasteiger partial charge in [-0.05, 0) is 27.7 Å². The van der Waals surface area contributed by atoms with E-state index in [4.69, 9.17) is 4.74 Å². The molecule has 0 bridgehead atoms. The third-order valence-corrected chi connectivity index (χ3v) is 1.83. The van der Waals surface area contributed by atoms with Crippen molar-refractivity contribution in [1.82, 2.24) is 5.32 Å². The summed E-state index contributed by atoms with van der Waals surface area (Å²) in [5.74, 6) is -2.03. The molecular weight excluding hydrogens is 226 g/mol. The molecule has 0 radical (unpaired) electrons. The molecule has 1 atom stereocenters. The van der Waals surface area contributed by atoms with Gasteiger partial charge in [0.15, 0.2) is 0 Å². The number of methoxy groups -OCH3 is 1. The van der Waals surface area contributed by atoms with Crippen LogP contribution in [0, 0.1) is 5.92 Å². The van der Waals surface area contributed by atoms with Gasteiger partial charge in [-0.25, -0.2) is 4.79 Å². The number of ketones is 1. The number of hydrogen-bond acceptors (Lipinski definition) is 5. The van der Waals surface area contributed by atoms with Crippen molar-refractivity contribution in [3.63, 3.8) is 0 Å². The van der Waals surface area contributed by atoms with E-state index in [0.717, 1.165) is 0 Å². The van der Waals surface area contributed by atoms with Crippen LogP contribution in [0.2, 0.25) is 0 Å². The first-order valence-corrected chi connectivity index (χ1v) is 5.22. The standard InChI is InChI=1S/C11H19NO5/c1-7(13)8(9(14)16-5)6-12-10(15)17-11(2,3)4/h8H,6H2,1-5H3,(H,12,15). The Hall–Kier alpha value is -1.59. The van der Waals surface area contributed by atoms with E-state index in [1.165, 1.54) is 14.0 Å². The molecule has 0 aliphatic heterocycles. The lowest BCUT2D eigenvalue weighted by Crippen LogP contribution is -2.39. The van der Waals surface area contributed by atoms with Gasteiger partial charge in [-0.15, -0.1) is 0 Å². The fourth-order valence-corrected chi connectivity index (χ4v) is 1.03. The smallest absolute Gasteiger partial charge is 0.407 e. The summed E-state index contributed by atoms with van der Waals surface area (Å²) in [5, 5.41) is 2.35. The second-order valence-electron chi connectivity index (χ2n) is 4.57. The number of Topliss-reactive ketones (excluding diaryl/α,β-unsaturated/α-hetero) is 1. The molecule has 0 fully saturated rings. The van der Waals surface area contributed by atoms with Gasteiger partial charge in [0.05, 0.1) is 7.11 Å². The molecule has 1 N–H and O–H groups in total. The summed E-state index contributed by atoms with van der Waals surface area (Å²) >= 11 is 0. The van der Waals surface area contributed by atoms with Gasteiger partial charge in [-0.3, -0.25) is 9.59 Å². The zero-order valence-corrected chi connectivity index (χ0v) is 10.8. The topological polar surface area (TPSA) is 81.7 Å². The molecule has 0 aliphatic carbocycles. The molecule has 1 unspecified atom stereocenters. The zero-order chi connectivity index (χ0) is 13.6. The lowest BCUT2D eigenvalue weighted by molar-refractivity contribution is -0.148. The van der Waals surface area contributed by atoms with E-state index < -0.39 is 23.6 Å². The SMILES string of the molecule is COC(=O)C(CNC(=O)OC(C)(C)C)C(C)=O. The van der Waals surface area contributed by atoms with Crippen LogP contribution in [0.25, 0.3) is 0 Å². The van der Waals surface area contributed by atoms with Crippen LogP contribution in [0.15, 0.2) is 0 Å². The quantitative estimate of drug-likeness (QED) is 0.587. The van der Waals surface area contributed by atoms with Gasteiger partial charge < -0.3 is 14.8 Å². The van der Waals surface area contributed by atoms with Crippen LogP contribution in [0.4, 0.5) is 4.79 Å². The Kier molecular flexibility index (Phi) is 5.64. The van der Waals surface area contributed by atoms with E-state index in [9.17, 15) is 14.4 Å². The Labute approximate surface area is 101 Å². The molecule has 6 nitrogen and oxygen atoms in total. The highest BCUT2D eigenvalue weighted by molar-refractivity contribution is 5.98. The summed E-state index contributed by atoms with van der Waals surface area (Å²) in [7, 11) is 1.19. The van der Waals surface area contributed by atoms with Crippen LogP contribution in [0.3, 0.4) is 0 Å². The first kappa shape index (κ1) is 15.4. The number of nitrogens with one attached hydrogen (secondary N) is 1. The lowest BCUT2D eigenvalue weighted by Gasteiger charge is -2.20. The minimum absolute atomic E-state index is 0.128. The predicted octanol–water partition coefficient (Wildman–Crippen LogP) is 0.889. The number of ether oxygens (including phenoxy) is 2. The zero-order valence-electron chi connectivity index (χ0n) is 10.8. The molecule has 0 saturated carbocycles. The van der Waals surface area contributed by atoms with Gasteiger partial charge in [0.25, 0.3) is 0 Å². The molecule has 0 rings (SSSR count). The van der Waals surface area contributed by atoms with Crippen molar-refractivity contribution in [2.24, 2.45) is 5.92 Å². The largest absolute Gasteiger partial charge is 0.468 e. The number of rotatable bonds is 4. The minimum Gasteiger partial charge on any atom is -0.468 e. The first-order chi connectivity index (χ1) is 7.67. The molecule has 0 aromatic heterocycles. The monoisotopic (exact) mass is 245 g/mol. The van der Waals surface area contributed by atoms with E-state index >= 15 is 0 Å². The summed E-state index contributed by atoms with van der Waals surface area (Å²) < 4.78 is 9.42. The number of esters is 1. The molecule has 0 heterocycles. The van der Waals surface area contributed by atoms with Gasteiger partial charge in [0.1, 0.15) is 17.3 Å². The summed E-state index contributed by atoms with van der Waals surface area (Å²) in [5.41, 5.74) is -0.624. The highest BCUT2D eigenvalue weighted by Crippen LogP contribution is 2.07. The van der Waals surface area contributed by atoms with Crippen molar-refractivity contribution in [2.45, 2.75) is 33.3 Å². The van der Waals surface area contributed by atoms with Crippen molar-refractivity contribution in [3.8, 4) is 0 Å². The fraction of sp³-hybridized carbons (Fsp3) is 0.727. The molecule has 0 spiro atoms. The maximum Gasteiger partial charge on any atom is 0.407 e. The third kappa shape index (κ3) is 6.55. The van der Waals surface area contributed by atoms with E-state index in [1.807, 2.05) is 0 Å². The van der Waals surface area contributed by atoms with Crippen LogP contribution < -0.4 is 5.32 Å². The van der Waals surface area contributed by atoms with Crippen LogP contribution >= 0.6 is 0 Å². The molecule has 1 amide bonds. The number of carbonyl (C=O) groups is 3. The predicted molar refractivity (Wildman–Crippen MR) is 60.4 cm³/mol. The lowest BCUT2D eigenvalue weighted by atomic mass is 10.1. The Balaban J connectivity index is 4.28. The average Bonchev–Trinajstić information content (AvgIpc) is 2.14. The van der Waals surface area contributed by atoms with E-state index in [-0.39, 0.29) is 12.3 Å². The van der Waals surface area contributed by atoms with Crippen molar-refractivity contribution in [1.29, 1.82) is 0 Å². The summed E-state index contributed by atoms with van der Waals surface area (Å²) in [6.07, 6.45) is -0.673. The summed E-state index contributed by atoms with van der Waals surface area (Å²) in [6.45, 7) is 6.29. The van der Waals surface area contributed by atoms with Gasteiger partial charge in [-0.1, -0.05) is 0 Å². The first-order valence-electron chi connectivity index (χ1n) is 5.22. The van der Waals surface area contributed by atoms with Crippen molar-refractivity contribution in [2.75, 3.05) is 13.7 Å². The van der Waals surface area contributed by atoms with Crippen molar-refractivity contribution in [3.05, 3.63) is 0 Å². The van der Waals surface area contributed by atoms with Crippen molar-refractivity contribution >= 4 is 17.8 Å². The highest BCUT2D eigenvalue weighted by atomic mass is 16.6. The Morgan fingerprint density at radius 3 is 2.12 bits per heavy atom. The van der Waals surface area contributed by atoms with Crippen LogP contribution in [-0.4, -0.2) is 37.1 Å². The maximum absolute atomic E-state index is 11.3. The normalized spacial score (nSPS) is 12.5. The summed E-state index contributed by atoms with van der Waals surface area (Å²) in [6, 6.07) is 0. The number of hydrogen-bond donors (Lipinski definition) is 1. The fourth-order valence-electron chi connectivity index (χ4n) is 1.03. The molecule has 0 aliphatic rings. The molecule has 0 saturated heterocycles. The average molecular weight is 245 g/mol. The molecule has 17 heavy (non-hydrogen) atoms. The minimum atomic E-state index is -0.993. The van der Waals surface area contributed by atoms with Crippen LogP contribution in [-0.2, 0) is 19.1 Å². The Morgan fingerprint density at radius 2 is 1.76 bits per heavy atom. The van der Waals surface area contributed by atoms with E-state index in [1.54, 1.807) is 20.8 Å². The number of amides is 1. The highest BCUT2D eigenvalue weighted by Gasteiger charge is 2.25. The molecular formula is C11H19NO5. The third-order valence-electron chi connectivity index (χ3n) is 1.83. The molecule has 6 heteroatoms. The Morgan fingerprint density at radius 1 is 1.24 bits per heavy atom. The summed E-state index contributed by atoms with van der Waals surface area (Å²) in [4.78, 5) is 33.7. The van der Waals surface area contributed by atoms with Gasteiger partial charge in [-0.2, -0.15) is 0 Å². The molecule has 0 aromatic rings. The number of carbonyl (C=O) groups excluding carboxylic acids is 3. The number of alkyl carbamates (subject to hydrolysis) is 1. The van der Waals surface area contributed by atoms with Crippen LogP contribution in [0.1, 0.15) is 27.7 Å². The molecule has 98 valence electrons. The van der Waals surface area contributed by atoms with Gasteiger partial charge >= 0.3 is 12.1 Å². The van der Waals surface area contributed by atoms with E-state index in [2.05, 4.69) is 10.1 Å². The van der Waals surface area contributed by atoms with Crippen molar-refractivity contribution < 1.29 is 23.9 Å². The van der Waals surface area contributed by atoms with E-state index in [0.29, 0.717) is 0 Å². The second-order valence-corrected chi connectivity index (χ2v) is 4.57. The maximum atomic E-state index is 11.3. The second kappa shape index (κ2) is 6.22. The van der Waals surface area contributed by atoms with Gasteiger partial charge in [0, 0.05) is 6.54 Å².